The highest BCUT2D eigenvalue weighted by molar-refractivity contribution is 7.26. The van der Waals surface area contributed by atoms with Crippen molar-refractivity contribution in [2.45, 2.75) is 101 Å². The van der Waals surface area contributed by atoms with E-state index in [1.807, 2.05) is 0 Å². The zero-order chi connectivity index (χ0) is 24.5. The van der Waals surface area contributed by atoms with Crippen LogP contribution in [0.1, 0.15) is 101 Å². The van der Waals surface area contributed by atoms with Gasteiger partial charge in [-0.05, 0) is 37.0 Å². The lowest BCUT2D eigenvalue weighted by Crippen LogP contribution is -2.74. The molecule has 0 aliphatic carbocycles. The number of hydrogen-bond donors (Lipinski definition) is 0. The van der Waals surface area contributed by atoms with Crippen molar-refractivity contribution in [2.24, 2.45) is 17.8 Å². The van der Waals surface area contributed by atoms with Gasteiger partial charge in [0.05, 0.1) is 0 Å². The van der Waals surface area contributed by atoms with Crippen LogP contribution in [0, 0.1) is 17.8 Å². The fourth-order valence-corrected chi connectivity index (χ4v) is 12.0. The van der Waals surface area contributed by atoms with Gasteiger partial charge in [0.2, 0.25) is 0 Å². The maximum absolute atomic E-state index is 6.63. The van der Waals surface area contributed by atoms with Crippen LogP contribution in [0.2, 0.25) is 0 Å². The van der Waals surface area contributed by atoms with Crippen molar-refractivity contribution in [3.8, 4) is 0 Å². The van der Waals surface area contributed by atoms with E-state index in [2.05, 4.69) is 62.3 Å². The van der Waals surface area contributed by atoms with Crippen LogP contribution in [-0.4, -0.2) is 56.3 Å². The summed E-state index contributed by atoms with van der Waals surface area (Å²) in [7, 11) is -6.86. The van der Waals surface area contributed by atoms with Crippen LogP contribution in [0.4, 0.5) is 0 Å². The summed E-state index contributed by atoms with van der Waals surface area (Å²) in [4.78, 5) is 0. The van der Waals surface area contributed by atoms with Gasteiger partial charge < -0.3 is 26.6 Å². The first-order valence-corrected chi connectivity index (χ1v) is 17.5. The largest absolute Gasteiger partial charge is 0.577 e. The SMILES string of the molecule is CCCCO[Si](OCCCC)(OCCCC)[Si](OCC(C)C)(OCC(C)C)OCC(C)C. The molecule has 32 heavy (non-hydrogen) atoms. The fourth-order valence-electron chi connectivity index (χ4n) is 2.66. The highest BCUT2D eigenvalue weighted by Crippen LogP contribution is 2.30. The Morgan fingerprint density at radius 2 is 0.688 bits per heavy atom. The molecule has 0 aromatic rings. The molecule has 0 N–H and O–H groups in total. The van der Waals surface area contributed by atoms with Crippen LogP contribution >= 0.6 is 0 Å². The molecule has 0 aromatic heterocycles. The van der Waals surface area contributed by atoms with Crippen LogP contribution in [0.25, 0.3) is 0 Å². The van der Waals surface area contributed by atoms with Gasteiger partial charge in [-0.1, -0.05) is 81.6 Å². The molecule has 0 fully saturated rings. The summed E-state index contributed by atoms with van der Waals surface area (Å²) in [5.74, 6) is 1.00. The molecule has 0 aliphatic rings. The molecule has 0 radical (unpaired) electrons. The molecular formula is C24H54O6Si2. The van der Waals surface area contributed by atoms with Crippen molar-refractivity contribution < 1.29 is 26.6 Å². The second-order valence-electron chi connectivity index (χ2n) is 9.83. The topological polar surface area (TPSA) is 55.4 Å². The lowest BCUT2D eigenvalue weighted by Gasteiger charge is -2.41. The summed E-state index contributed by atoms with van der Waals surface area (Å²) in [5.41, 5.74) is 0. The van der Waals surface area contributed by atoms with Crippen LogP contribution in [0.5, 0.6) is 0 Å². The van der Waals surface area contributed by atoms with Gasteiger partial charge in [-0.2, -0.15) is 0 Å². The first kappa shape index (κ1) is 32.2. The molecule has 0 aromatic carbocycles. The molecule has 0 saturated heterocycles. The van der Waals surface area contributed by atoms with E-state index in [0.29, 0.717) is 57.4 Å². The van der Waals surface area contributed by atoms with Gasteiger partial charge in [-0.15, -0.1) is 0 Å². The summed E-state index contributed by atoms with van der Waals surface area (Å²) >= 11 is 0. The summed E-state index contributed by atoms with van der Waals surface area (Å²) in [6.07, 6.45) is 5.92. The van der Waals surface area contributed by atoms with Crippen molar-refractivity contribution in [1.82, 2.24) is 0 Å². The van der Waals surface area contributed by atoms with E-state index in [1.54, 1.807) is 0 Å². The quantitative estimate of drug-likeness (QED) is 0.128. The third kappa shape index (κ3) is 12.6. The second kappa shape index (κ2) is 18.5. The van der Waals surface area contributed by atoms with Crippen LogP contribution in [-0.2, 0) is 26.6 Å². The van der Waals surface area contributed by atoms with Gasteiger partial charge in [0.1, 0.15) is 0 Å². The van der Waals surface area contributed by atoms with Crippen LogP contribution in [0.3, 0.4) is 0 Å². The van der Waals surface area contributed by atoms with Crippen molar-refractivity contribution in [3.63, 3.8) is 0 Å². The molecule has 0 unspecified atom stereocenters. The normalized spacial score (nSPS) is 13.1. The zero-order valence-corrected chi connectivity index (χ0v) is 24.7. The highest BCUT2D eigenvalue weighted by Gasteiger charge is 2.72. The van der Waals surface area contributed by atoms with Gasteiger partial charge >= 0.3 is 16.6 Å². The minimum Gasteiger partial charge on any atom is -0.371 e. The number of unbranched alkanes of at least 4 members (excludes halogenated alkanes) is 3. The highest BCUT2D eigenvalue weighted by atomic mass is 29.3. The van der Waals surface area contributed by atoms with Gasteiger partial charge in [0.25, 0.3) is 0 Å². The lowest BCUT2D eigenvalue weighted by atomic mass is 10.2. The molecule has 0 rings (SSSR count). The van der Waals surface area contributed by atoms with Crippen LogP contribution < -0.4 is 0 Å². The maximum atomic E-state index is 6.63. The van der Waals surface area contributed by atoms with E-state index >= 15 is 0 Å². The molecule has 0 bridgehead atoms. The molecule has 194 valence electrons. The molecular weight excluding hydrogens is 440 g/mol. The molecule has 6 nitrogen and oxygen atoms in total. The van der Waals surface area contributed by atoms with E-state index in [0.717, 1.165) is 38.5 Å². The molecule has 8 heteroatoms. The first-order valence-electron chi connectivity index (χ1n) is 13.0. The minimum atomic E-state index is -3.44. The van der Waals surface area contributed by atoms with E-state index in [1.165, 1.54) is 0 Å². The van der Waals surface area contributed by atoms with E-state index in [9.17, 15) is 0 Å². The monoisotopic (exact) mass is 494 g/mol. The summed E-state index contributed by atoms with van der Waals surface area (Å²) < 4.78 is 39.7. The molecule has 0 spiro atoms. The average molecular weight is 495 g/mol. The Morgan fingerprint density at radius 3 is 0.906 bits per heavy atom. The Hall–Kier alpha value is 0.194. The first-order chi connectivity index (χ1) is 15.2. The van der Waals surface area contributed by atoms with E-state index in [4.69, 9.17) is 26.6 Å². The predicted octanol–water partition coefficient (Wildman–Crippen LogP) is 6.41. The lowest BCUT2D eigenvalue weighted by molar-refractivity contribution is -0.000303. The average Bonchev–Trinajstić information content (AvgIpc) is 2.73. The molecule has 0 saturated carbocycles. The van der Waals surface area contributed by atoms with E-state index in [-0.39, 0.29) is 0 Å². The Morgan fingerprint density at radius 1 is 0.438 bits per heavy atom. The van der Waals surface area contributed by atoms with E-state index < -0.39 is 16.6 Å². The molecule has 0 heterocycles. The van der Waals surface area contributed by atoms with Crippen LogP contribution in [0.15, 0.2) is 0 Å². The maximum Gasteiger partial charge on any atom is 0.577 e. The minimum absolute atomic E-state index is 0.334. The molecule has 0 amide bonds. The summed E-state index contributed by atoms with van der Waals surface area (Å²) in [6, 6.07) is 0. The zero-order valence-electron chi connectivity index (χ0n) is 22.7. The number of rotatable bonds is 22. The van der Waals surface area contributed by atoms with Gasteiger partial charge in [0, 0.05) is 39.6 Å². The van der Waals surface area contributed by atoms with Crippen molar-refractivity contribution in [2.75, 3.05) is 39.6 Å². The van der Waals surface area contributed by atoms with Crippen molar-refractivity contribution >= 4 is 16.6 Å². The van der Waals surface area contributed by atoms with Gasteiger partial charge in [-0.3, -0.25) is 0 Å². The number of hydrogen-bond acceptors (Lipinski definition) is 6. The third-order valence-electron chi connectivity index (χ3n) is 4.56. The van der Waals surface area contributed by atoms with Crippen molar-refractivity contribution in [3.05, 3.63) is 0 Å². The standard InChI is InChI=1S/C24H54O6Si2/c1-10-13-16-25-31(26-17-14-11-2,27-18-15-12-3)32(28-19-22(4)5,29-20-23(6)7)30-21-24(8)9/h22-24H,10-21H2,1-9H3. The Kier molecular flexibility index (Phi) is 18.6. The molecule has 0 aliphatic heterocycles. The van der Waals surface area contributed by atoms with Gasteiger partial charge in [0.15, 0.2) is 0 Å². The second-order valence-corrected chi connectivity index (χ2v) is 17.5. The summed E-state index contributed by atoms with van der Waals surface area (Å²) in [5, 5.41) is 0. The summed E-state index contributed by atoms with van der Waals surface area (Å²) in [6.45, 7) is 22.6. The fraction of sp³-hybridized carbons (Fsp3) is 1.00. The predicted molar refractivity (Wildman–Crippen MR) is 136 cm³/mol. The third-order valence-corrected chi connectivity index (χ3v) is 13.6. The Bertz CT molecular complexity index is 377. The van der Waals surface area contributed by atoms with Crippen molar-refractivity contribution in [1.29, 1.82) is 0 Å². The Labute approximate surface area is 201 Å². The molecule has 0 atom stereocenters. The van der Waals surface area contributed by atoms with Gasteiger partial charge in [-0.25, -0.2) is 0 Å². The Balaban J connectivity index is 6.36. The smallest absolute Gasteiger partial charge is 0.371 e.